The summed E-state index contributed by atoms with van der Waals surface area (Å²) < 4.78 is 0. The molecule has 3 rings (SSSR count). The molecule has 0 aliphatic carbocycles. The second-order valence-corrected chi connectivity index (χ2v) is 5.22. The quantitative estimate of drug-likeness (QED) is 0.761. The van der Waals surface area contributed by atoms with Crippen LogP contribution in [0.1, 0.15) is 21.9 Å². The Kier molecular flexibility index (Phi) is 3.35. The van der Waals surface area contributed by atoms with Gasteiger partial charge in [0, 0.05) is 16.8 Å². The molecule has 2 heterocycles. The van der Waals surface area contributed by atoms with Crippen LogP contribution in [0.15, 0.2) is 30.3 Å². The largest absolute Gasteiger partial charge is 0.349 e. The minimum absolute atomic E-state index is 0.294. The molecule has 1 aromatic carbocycles. The van der Waals surface area contributed by atoms with E-state index in [4.69, 9.17) is 11.6 Å². The lowest BCUT2D eigenvalue weighted by Gasteiger charge is -2.04. The molecular formula is C15H13ClN4O. The van der Waals surface area contributed by atoms with Crippen molar-refractivity contribution in [2.24, 2.45) is 0 Å². The number of nitrogens with zero attached hydrogens (tertiary/aromatic N) is 2. The van der Waals surface area contributed by atoms with E-state index in [0.717, 1.165) is 22.3 Å². The zero-order valence-corrected chi connectivity index (χ0v) is 12.3. The maximum Gasteiger partial charge on any atom is 0.274 e. The molecule has 1 amide bonds. The van der Waals surface area contributed by atoms with Gasteiger partial charge in [0.25, 0.3) is 5.91 Å². The number of nitrogens with one attached hydrogen (secondary N) is 2. The molecule has 6 heteroatoms. The van der Waals surface area contributed by atoms with Crippen LogP contribution in [-0.2, 0) is 0 Å². The van der Waals surface area contributed by atoms with Gasteiger partial charge in [0.05, 0.1) is 10.5 Å². The van der Waals surface area contributed by atoms with Crippen LogP contribution in [0.2, 0.25) is 5.02 Å². The van der Waals surface area contributed by atoms with Crippen LogP contribution in [0.25, 0.3) is 10.9 Å². The molecule has 0 aliphatic rings. The van der Waals surface area contributed by atoms with Gasteiger partial charge in [-0.3, -0.25) is 10.1 Å². The Labute approximate surface area is 126 Å². The highest BCUT2D eigenvalue weighted by molar-refractivity contribution is 6.35. The zero-order chi connectivity index (χ0) is 15.0. The van der Waals surface area contributed by atoms with Crippen LogP contribution in [0.4, 0.5) is 5.95 Å². The molecule has 0 fully saturated rings. The minimum Gasteiger partial charge on any atom is -0.349 e. The molecule has 2 aromatic heterocycles. The van der Waals surface area contributed by atoms with Crippen molar-refractivity contribution in [3.63, 3.8) is 0 Å². The van der Waals surface area contributed by atoms with Crippen molar-refractivity contribution in [2.45, 2.75) is 13.8 Å². The number of fused-ring (bicyclic) bond motifs is 1. The van der Waals surface area contributed by atoms with E-state index in [0.29, 0.717) is 16.7 Å². The Balaban J connectivity index is 1.91. The molecule has 3 aromatic rings. The highest BCUT2D eigenvalue weighted by atomic mass is 35.5. The lowest BCUT2D eigenvalue weighted by Crippen LogP contribution is -2.15. The number of halogens is 1. The number of hydrogen-bond donors (Lipinski definition) is 2. The highest BCUT2D eigenvalue weighted by Gasteiger charge is 2.12. The molecule has 2 N–H and O–H groups in total. The molecule has 0 spiro atoms. The maximum absolute atomic E-state index is 12.3. The fourth-order valence-electron chi connectivity index (χ4n) is 2.19. The number of carbonyl (C=O) groups excluding carboxylic acids is 1. The number of anilines is 1. The highest BCUT2D eigenvalue weighted by Crippen LogP contribution is 2.23. The van der Waals surface area contributed by atoms with Gasteiger partial charge in [0.2, 0.25) is 5.95 Å². The minimum atomic E-state index is -0.299. The summed E-state index contributed by atoms with van der Waals surface area (Å²) in [5.41, 5.74) is 2.77. The summed E-state index contributed by atoms with van der Waals surface area (Å²) in [5, 5.41) is 4.15. The topological polar surface area (TPSA) is 70.7 Å². The first-order chi connectivity index (χ1) is 10.0. The van der Waals surface area contributed by atoms with Gasteiger partial charge in [-0.1, -0.05) is 23.7 Å². The molecule has 0 saturated carbocycles. The Morgan fingerprint density at radius 3 is 2.57 bits per heavy atom. The summed E-state index contributed by atoms with van der Waals surface area (Å²) in [6, 6.07) is 9.10. The summed E-state index contributed by atoms with van der Waals surface area (Å²) in [4.78, 5) is 23.6. The Bertz CT molecular complexity index is 821. The fraction of sp³-hybridized carbons (Fsp3) is 0.133. The molecular weight excluding hydrogens is 288 g/mol. The predicted molar refractivity (Wildman–Crippen MR) is 82.8 cm³/mol. The zero-order valence-electron chi connectivity index (χ0n) is 11.6. The molecule has 21 heavy (non-hydrogen) atoms. The molecule has 0 aliphatic heterocycles. The van der Waals surface area contributed by atoms with Crippen molar-refractivity contribution < 1.29 is 4.79 Å². The Morgan fingerprint density at radius 2 is 1.90 bits per heavy atom. The van der Waals surface area contributed by atoms with Gasteiger partial charge >= 0.3 is 0 Å². The maximum atomic E-state index is 12.3. The summed E-state index contributed by atoms with van der Waals surface area (Å²) in [7, 11) is 0. The molecule has 0 unspecified atom stereocenters. The Morgan fingerprint density at radius 1 is 1.19 bits per heavy atom. The average Bonchev–Trinajstić information content (AvgIpc) is 2.83. The monoisotopic (exact) mass is 300 g/mol. The number of carbonyl (C=O) groups is 1. The van der Waals surface area contributed by atoms with Crippen LogP contribution in [-0.4, -0.2) is 20.9 Å². The van der Waals surface area contributed by atoms with Crippen LogP contribution < -0.4 is 5.32 Å². The van der Waals surface area contributed by atoms with Gasteiger partial charge in [0.15, 0.2) is 0 Å². The van der Waals surface area contributed by atoms with E-state index in [9.17, 15) is 4.79 Å². The van der Waals surface area contributed by atoms with E-state index in [1.165, 1.54) is 0 Å². The third kappa shape index (κ3) is 2.73. The van der Waals surface area contributed by atoms with Crippen LogP contribution in [0, 0.1) is 13.8 Å². The number of rotatable bonds is 2. The molecule has 0 bridgehead atoms. The molecule has 0 atom stereocenters. The smallest absolute Gasteiger partial charge is 0.274 e. The predicted octanol–water partition coefficient (Wildman–Crippen LogP) is 3.48. The van der Waals surface area contributed by atoms with Crippen molar-refractivity contribution in [3.8, 4) is 0 Å². The molecule has 0 radical (unpaired) electrons. The van der Waals surface area contributed by atoms with E-state index in [1.54, 1.807) is 12.1 Å². The third-order valence-electron chi connectivity index (χ3n) is 3.06. The molecule has 5 nitrogen and oxygen atoms in total. The van der Waals surface area contributed by atoms with Crippen molar-refractivity contribution >= 4 is 34.4 Å². The van der Waals surface area contributed by atoms with E-state index in [-0.39, 0.29) is 5.91 Å². The van der Waals surface area contributed by atoms with E-state index < -0.39 is 0 Å². The number of H-pyrrole nitrogens is 1. The van der Waals surface area contributed by atoms with Gasteiger partial charge in [-0.25, -0.2) is 9.97 Å². The first-order valence-electron chi connectivity index (χ1n) is 6.44. The summed E-state index contributed by atoms with van der Waals surface area (Å²) in [5.74, 6) is -0.00507. The number of aromatic nitrogens is 3. The van der Waals surface area contributed by atoms with Gasteiger partial charge in [-0.2, -0.15) is 0 Å². The molecule has 106 valence electrons. The average molecular weight is 301 g/mol. The van der Waals surface area contributed by atoms with Crippen molar-refractivity contribution in [1.82, 2.24) is 15.0 Å². The summed E-state index contributed by atoms with van der Waals surface area (Å²) in [6.07, 6.45) is 0. The lowest BCUT2D eigenvalue weighted by atomic mass is 10.2. The third-order valence-corrected chi connectivity index (χ3v) is 3.37. The van der Waals surface area contributed by atoms with Gasteiger partial charge in [-0.15, -0.1) is 0 Å². The van der Waals surface area contributed by atoms with Gasteiger partial charge in [0.1, 0.15) is 5.69 Å². The van der Waals surface area contributed by atoms with Crippen molar-refractivity contribution in [3.05, 3.63) is 52.4 Å². The van der Waals surface area contributed by atoms with Crippen LogP contribution in [0.3, 0.4) is 0 Å². The van der Waals surface area contributed by atoms with Crippen molar-refractivity contribution in [2.75, 3.05) is 5.32 Å². The van der Waals surface area contributed by atoms with Gasteiger partial charge < -0.3 is 4.98 Å². The van der Waals surface area contributed by atoms with Gasteiger partial charge in [-0.05, 0) is 32.0 Å². The first kappa shape index (κ1) is 13.6. The SMILES string of the molecule is Cc1cc(C)nc(NC(=O)c2cc3cccc(Cl)c3[nH]2)n1. The number of benzene rings is 1. The number of amides is 1. The Hall–Kier alpha value is -2.40. The normalized spacial score (nSPS) is 10.8. The van der Waals surface area contributed by atoms with Crippen molar-refractivity contribution in [1.29, 1.82) is 0 Å². The summed E-state index contributed by atoms with van der Waals surface area (Å²) in [6.45, 7) is 3.71. The standard InChI is InChI=1S/C15H13ClN4O/c1-8-6-9(2)18-15(17-8)20-14(21)12-7-10-4-3-5-11(16)13(10)19-12/h3-7,19H,1-2H3,(H,17,18,20,21). The lowest BCUT2D eigenvalue weighted by molar-refractivity contribution is 0.102. The summed E-state index contributed by atoms with van der Waals surface area (Å²) >= 11 is 6.09. The van der Waals surface area contributed by atoms with E-state index >= 15 is 0 Å². The second kappa shape index (κ2) is 5.18. The second-order valence-electron chi connectivity index (χ2n) is 4.82. The number of hydrogen-bond acceptors (Lipinski definition) is 3. The van der Waals surface area contributed by atoms with E-state index in [2.05, 4.69) is 20.3 Å². The fourth-order valence-corrected chi connectivity index (χ4v) is 2.42. The van der Waals surface area contributed by atoms with Crippen LogP contribution in [0.5, 0.6) is 0 Å². The number of para-hydroxylation sites is 1. The van der Waals surface area contributed by atoms with E-state index in [1.807, 2.05) is 32.0 Å². The number of aromatic amines is 1. The first-order valence-corrected chi connectivity index (χ1v) is 6.81. The molecule has 0 saturated heterocycles. The van der Waals surface area contributed by atoms with Crippen LogP contribution >= 0.6 is 11.6 Å². The number of aryl methyl sites for hydroxylation is 2.